The second-order valence-electron chi connectivity index (χ2n) is 2.21. The van der Waals surface area contributed by atoms with Crippen LogP contribution >= 0.6 is 8.46 Å². The Bertz CT molecular complexity index is 359. The van der Waals surface area contributed by atoms with Crippen LogP contribution in [-0.2, 0) is 4.57 Å². The Kier molecular flexibility index (Phi) is 1.48. The molecule has 0 bridgehead atoms. The lowest BCUT2D eigenvalue weighted by atomic mass is 10.3. The smallest absolute Gasteiger partial charge is 0.231 e. The second kappa shape index (κ2) is 2.48. The topological polar surface area (TPSA) is 30.2 Å². The van der Waals surface area contributed by atoms with Crippen LogP contribution in [0, 0.1) is 0 Å². The summed E-state index contributed by atoms with van der Waals surface area (Å²) in [5.74, 6) is 0. The Morgan fingerprint density at radius 2 is 2.09 bits per heavy atom. The van der Waals surface area contributed by atoms with Crippen LogP contribution in [0.3, 0.4) is 0 Å². The molecular weight excluding hydrogens is 159 g/mol. The van der Waals surface area contributed by atoms with Crippen LogP contribution in [0.15, 0.2) is 34.7 Å². The summed E-state index contributed by atoms with van der Waals surface area (Å²) in [4.78, 5) is 0. The van der Waals surface area contributed by atoms with Crippen molar-refractivity contribution in [2.24, 2.45) is 0 Å². The molecule has 1 aromatic heterocycles. The molecule has 2 rings (SSSR count). The van der Waals surface area contributed by atoms with Crippen molar-refractivity contribution in [2.45, 2.75) is 0 Å². The van der Waals surface area contributed by atoms with E-state index >= 15 is 0 Å². The molecular formula is C8H5O2P. The summed E-state index contributed by atoms with van der Waals surface area (Å²) in [6.07, 6.45) is 0. The van der Waals surface area contributed by atoms with Crippen LogP contribution in [0.2, 0.25) is 0 Å². The van der Waals surface area contributed by atoms with Crippen molar-refractivity contribution in [1.29, 1.82) is 0 Å². The molecule has 1 heterocycles. The summed E-state index contributed by atoms with van der Waals surface area (Å²) in [5, 5.41) is 0.992. The Balaban J connectivity index is 2.78. The Morgan fingerprint density at radius 3 is 2.82 bits per heavy atom. The predicted molar refractivity (Wildman–Crippen MR) is 43.5 cm³/mol. The zero-order valence-corrected chi connectivity index (χ0v) is 6.54. The lowest BCUT2D eigenvalue weighted by Gasteiger charge is -1.81. The standard InChI is InChI=1S/C8H5O2P/c9-11-8-5-6-3-1-2-4-7(6)10-8/h1-5H. The highest BCUT2D eigenvalue weighted by molar-refractivity contribution is 7.33. The molecule has 0 unspecified atom stereocenters. The quantitative estimate of drug-likeness (QED) is 0.605. The number of fused-ring (bicyclic) bond motifs is 1. The molecule has 0 fully saturated rings. The minimum absolute atomic E-state index is 0.0627. The molecule has 2 nitrogen and oxygen atoms in total. The summed E-state index contributed by atoms with van der Waals surface area (Å²) in [6.45, 7) is 0. The van der Waals surface area contributed by atoms with Crippen molar-refractivity contribution in [3.05, 3.63) is 30.3 Å². The van der Waals surface area contributed by atoms with Gasteiger partial charge in [0, 0.05) is 5.39 Å². The van der Waals surface area contributed by atoms with Gasteiger partial charge in [0.25, 0.3) is 0 Å². The molecule has 0 aliphatic rings. The fraction of sp³-hybridized carbons (Fsp3) is 0. The SMILES string of the molecule is O=Pc1cc2ccccc2o1. The highest BCUT2D eigenvalue weighted by atomic mass is 31.1. The first-order chi connectivity index (χ1) is 5.40. The number of para-hydroxylation sites is 1. The van der Waals surface area contributed by atoms with E-state index in [1.807, 2.05) is 24.3 Å². The minimum atomic E-state index is -0.0627. The van der Waals surface area contributed by atoms with Gasteiger partial charge in [0.05, 0.1) is 0 Å². The first-order valence-electron chi connectivity index (χ1n) is 3.22. The zero-order chi connectivity index (χ0) is 7.68. The van der Waals surface area contributed by atoms with Crippen molar-refractivity contribution in [3.63, 3.8) is 0 Å². The summed E-state index contributed by atoms with van der Waals surface area (Å²) in [6, 6.07) is 9.35. The number of rotatable bonds is 1. The Hall–Kier alpha value is -1.14. The van der Waals surface area contributed by atoms with Crippen molar-refractivity contribution < 1.29 is 8.98 Å². The van der Waals surface area contributed by atoms with Gasteiger partial charge >= 0.3 is 0 Å². The fourth-order valence-electron chi connectivity index (χ4n) is 1.01. The van der Waals surface area contributed by atoms with E-state index in [4.69, 9.17) is 4.42 Å². The third kappa shape index (κ3) is 1.06. The van der Waals surface area contributed by atoms with Gasteiger partial charge in [0.1, 0.15) is 5.58 Å². The molecule has 0 atom stereocenters. The lowest BCUT2D eigenvalue weighted by molar-refractivity contribution is 0.591. The minimum Gasteiger partial charge on any atom is -0.449 e. The molecule has 1 aromatic carbocycles. The van der Waals surface area contributed by atoms with Gasteiger partial charge in [-0.15, -0.1) is 0 Å². The molecule has 0 saturated carbocycles. The van der Waals surface area contributed by atoms with Gasteiger partial charge in [-0.25, -0.2) is 0 Å². The van der Waals surface area contributed by atoms with Crippen molar-refractivity contribution in [1.82, 2.24) is 0 Å². The van der Waals surface area contributed by atoms with Gasteiger partial charge in [-0.2, -0.15) is 0 Å². The Labute approximate surface area is 65.0 Å². The maximum absolute atomic E-state index is 10.4. The van der Waals surface area contributed by atoms with Gasteiger partial charge in [-0.05, 0) is 12.1 Å². The molecule has 0 saturated heterocycles. The average molecular weight is 164 g/mol. The number of benzene rings is 1. The molecule has 11 heavy (non-hydrogen) atoms. The molecule has 0 aliphatic heterocycles. The van der Waals surface area contributed by atoms with Crippen LogP contribution < -0.4 is 5.50 Å². The van der Waals surface area contributed by atoms with Crippen LogP contribution in [0.4, 0.5) is 0 Å². The number of hydrogen-bond acceptors (Lipinski definition) is 2. The summed E-state index contributed by atoms with van der Waals surface area (Å²) < 4.78 is 15.6. The van der Waals surface area contributed by atoms with E-state index in [2.05, 4.69) is 0 Å². The third-order valence-corrected chi connectivity index (χ3v) is 1.90. The van der Waals surface area contributed by atoms with E-state index in [0.717, 1.165) is 11.0 Å². The lowest BCUT2D eigenvalue weighted by Crippen LogP contribution is -1.77. The molecule has 0 radical (unpaired) electrons. The summed E-state index contributed by atoms with van der Waals surface area (Å²) in [7, 11) is -0.0627. The highest BCUT2D eigenvalue weighted by Gasteiger charge is 2.00. The van der Waals surface area contributed by atoms with E-state index in [-0.39, 0.29) is 8.46 Å². The molecule has 2 aromatic rings. The Morgan fingerprint density at radius 1 is 1.27 bits per heavy atom. The molecule has 3 heteroatoms. The van der Waals surface area contributed by atoms with E-state index in [1.165, 1.54) is 0 Å². The number of hydrogen-bond donors (Lipinski definition) is 0. The van der Waals surface area contributed by atoms with Crippen molar-refractivity contribution in [2.75, 3.05) is 0 Å². The maximum atomic E-state index is 10.4. The largest absolute Gasteiger partial charge is 0.449 e. The highest BCUT2D eigenvalue weighted by Crippen LogP contribution is 2.14. The van der Waals surface area contributed by atoms with E-state index in [9.17, 15) is 4.57 Å². The first-order valence-corrected chi connectivity index (χ1v) is 4.03. The molecule has 0 amide bonds. The van der Waals surface area contributed by atoms with Crippen LogP contribution in [0.5, 0.6) is 0 Å². The molecule has 54 valence electrons. The predicted octanol–water partition coefficient (Wildman–Crippen LogP) is 2.35. The van der Waals surface area contributed by atoms with E-state index in [0.29, 0.717) is 5.50 Å². The van der Waals surface area contributed by atoms with Gasteiger partial charge in [0.15, 0.2) is 5.50 Å². The van der Waals surface area contributed by atoms with Gasteiger partial charge in [-0.3, -0.25) is 4.57 Å². The van der Waals surface area contributed by atoms with Crippen LogP contribution in [0.25, 0.3) is 11.0 Å². The fourth-order valence-corrected chi connectivity index (χ4v) is 1.34. The van der Waals surface area contributed by atoms with E-state index in [1.54, 1.807) is 6.07 Å². The van der Waals surface area contributed by atoms with Crippen LogP contribution in [0.1, 0.15) is 0 Å². The summed E-state index contributed by atoms with van der Waals surface area (Å²) in [5.41, 5.74) is 1.26. The van der Waals surface area contributed by atoms with Crippen LogP contribution in [-0.4, -0.2) is 0 Å². The average Bonchev–Trinajstić information content (AvgIpc) is 2.46. The van der Waals surface area contributed by atoms with Gasteiger partial charge in [-0.1, -0.05) is 18.2 Å². The summed E-state index contributed by atoms with van der Waals surface area (Å²) >= 11 is 0. The van der Waals surface area contributed by atoms with E-state index < -0.39 is 0 Å². The molecule has 0 aliphatic carbocycles. The van der Waals surface area contributed by atoms with Crippen molar-refractivity contribution >= 4 is 24.9 Å². The van der Waals surface area contributed by atoms with Gasteiger partial charge in [0.2, 0.25) is 8.46 Å². The third-order valence-electron chi connectivity index (χ3n) is 1.50. The van der Waals surface area contributed by atoms with Crippen molar-refractivity contribution in [3.8, 4) is 0 Å². The monoisotopic (exact) mass is 164 g/mol. The molecule has 0 spiro atoms. The maximum Gasteiger partial charge on any atom is 0.231 e. The second-order valence-corrected chi connectivity index (χ2v) is 2.84. The zero-order valence-electron chi connectivity index (χ0n) is 5.65. The molecule has 0 N–H and O–H groups in total. The number of furan rings is 1. The normalized spacial score (nSPS) is 10.9. The van der Waals surface area contributed by atoms with Gasteiger partial charge < -0.3 is 4.42 Å². The first kappa shape index (κ1) is 6.56.